The maximum atomic E-state index is 9.86. The molecule has 3 aliphatic rings. The SMILES string of the molecule is C=CCOC[C@H]1O[C@H](O[C@@H]2[C@@H](N=[N+]=[N-])[C@@H]3OC[C@@H](O3)[C@H]2OCc2ccccc2)[C@H](N=[N+]=[N-])[C@@H](OCc2ccccc2)[C@@H]1OCc1ccccc1. The number of fused-ring (bicyclic) bond motifs is 2. The Morgan fingerprint density at radius 2 is 1.24 bits per heavy atom. The highest BCUT2D eigenvalue weighted by atomic mass is 16.8. The van der Waals surface area contributed by atoms with Gasteiger partial charge in [0, 0.05) is 9.82 Å². The van der Waals surface area contributed by atoms with Crippen molar-refractivity contribution in [2.45, 2.75) is 81.1 Å². The second kappa shape index (κ2) is 18.1. The van der Waals surface area contributed by atoms with E-state index in [-0.39, 0.29) is 39.6 Å². The van der Waals surface area contributed by atoms with Crippen LogP contribution in [-0.2, 0) is 57.7 Å². The number of rotatable bonds is 17. The first-order valence-electron chi connectivity index (χ1n) is 16.5. The van der Waals surface area contributed by atoms with Crippen molar-refractivity contribution >= 4 is 0 Å². The predicted octanol–water partition coefficient (Wildman–Crippen LogP) is 6.17. The summed E-state index contributed by atoms with van der Waals surface area (Å²) in [4.78, 5) is 6.24. The molecule has 0 spiro atoms. The van der Waals surface area contributed by atoms with Gasteiger partial charge >= 0.3 is 0 Å². The topological polar surface area (TPSA) is 171 Å². The van der Waals surface area contributed by atoms with E-state index in [0.717, 1.165) is 16.7 Å². The summed E-state index contributed by atoms with van der Waals surface area (Å²) >= 11 is 0. The molecule has 0 amide bonds. The second-order valence-electron chi connectivity index (χ2n) is 12.0. The first kappa shape index (κ1) is 35.5. The van der Waals surface area contributed by atoms with E-state index >= 15 is 0 Å². The normalized spacial score (nSPS) is 30.2. The van der Waals surface area contributed by atoms with E-state index in [1.165, 1.54) is 0 Å². The number of nitrogens with zero attached hydrogens (tertiary/aromatic N) is 6. The average molecular weight is 685 g/mol. The molecule has 2 bridgehead atoms. The zero-order valence-corrected chi connectivity index (χ0v) is 27.4. The molecule has 3 aromatic rings. The van der Waals surface area contributed by atoms with E-state index in [4.69, 9.17) is 37.9 Å². The van der Waals surface area contributed by atoms with Crippen LogP contribution in [0, 0.1) is 0 Å². The Bertz CT molecular complexity index is 1590. The lowest BCUT2D eigenvalue weighted by Crippen LogP contribution is -2.63. The van der Waals surface area contributed by atoms with Crippen LogP contribution in [-0.4, -0.2) is 81.1 Å². The zero-order chi connectivity index (χ0) is 34.5. The molecule has 0 aromatic heterocycles. The van der Waals surface area contributed by atoms with Crippen LogP contribution in [0.1, 0.15) is 16.7 Å². The molecule has 3 saturated heterocycles. The van der Waals surface area contributed by atoms with Crippen LogP contribution >= 0.6 is 0 Å². The molecule has 0 N–H and O–H groups in total. The van der Waals surface area contributed by atoms with Gasteiger partial charge in [-0.05, 0) is 27.8 Å². The van der Waals surface area contributed by atoms with E-state index < -0.39 is 61.3 Å². The molecule has 0 aliphatic carbocycles. The van der Waals surface area contributed by atoms with Crippen molar-refractivity contribution in [1.29, 1.82) is 0 Å². The molecule has 3 heterocycles. The lowest BCUT2D eigenvalue weighted by molar-refractivity contribution is -0.317. The third-order valence-electron chi connectivity index (χ3n) is 8.69. The minimum atomic E-state index is -1.19. The molecule has 14 heteroatoms. The number of benzene rings is 3. The van der Waals surface area contributed by atoms with E-state index in [1.54, 1.807) is 6.08 Å². The van der Waals surface area contributed by atoms with Crippen molar-refractivity contribution in [1.82, 2.24) is 0 Å². The Balaban J connectivity index is 1.33. The predicted molar refractivity (Wildman–Crippen MR) is 180 cm³/mol. The molecule has 0 saturated carbocycles. The van der Waals surface area contributed by atoms with Gasteiger partial charge in [0.1, 0.15) is 48.7 Å². The first-order valence-corrected chi connectivity index (χ1v) is 16.5. The highest BCUT2D eigenvalue weighted by Crippen LogP contribution is 2.38. The molecule has 3 aromatic carbocycles. The average Bonchev–Trinajstić information content (AvgIpc) is 3.59. The van der Waals surface area contributed by atoms with Gasteiger partial charge in [-0.3, -0.25) is 0 Å². The molecule has 14 nitrogen and oxygen atoms in total. The molecule has 3 aliphatic heterocycles. The number of hydrogen-bond donors (Lipinski definition) is 0. The molecule has 262 valence electrons. The molecule has 0 radical (unpaired) electrons. The quantitative estimate of drug-likeness (QED) is 0.0534. The Morgan fingerprint density at radius 1 is 0.700 bits per heavy atom. The lowest BCUT2D eigenvalue weighted by Gasteiger charge is -2.47. The minimum Gasteiger partial charge on any atom is -0.375 e. The standard InChI is InChI=1S/C36H40N6O8/c1-2-18-43-22-27-31(44-19-24-12-6-3-7-13-24)33(46-21-26-16-10-5-11-17-26)29(39-41-37)36(49-27)50-34-30(40-42-38)35-47-23-28(48-35)32(34)45-20-25-14-8-4-9-15-25/h2-17,27-36H,1,18-23H2/t27-,28-,29-,30-,31-,32-,33-,34-,35-,36-/m1/s1. The smallest absolute Gasteiger partial charge is 0.169 e. The van der Waals surface area contributed by atoms with E-state index in [9.17, 15) is 11.1 Å². The van der Waals surface area contributed by atoms with Crippen LogP contribution in [0.15, 0.2) is 114 Å². The second-order valence-corrected chi connectivity index (χ2v) is 12.0. The van der Waals surface area contributed by atoms with Gasteiger partial charge in [0.05, 0.1) is 39.6 Å². The first-order chi connectivity index (χ1) is 24.7. The van der Waals surface area contributed by atoms with Crippen molar-refractivity contribution in [2.75, 3.05) is 19.8 Å². The number of ether oxygens (including phenoxy) is 8. The largest absolute Gasteiger partial charge is 0.375 e. The van der Waals surface area contributed by atoms with E-state index in [2.05, 4.69) is 26.6 Å². The summed E-state index contributed by atoms with van der Waals surface area (Å²) < 4.78 is 50.6. The highest BCUT2D eigenvalue weighted by Gasteiger charge is 2.55. The Labute approximate surface area is 290 Å². The van der Waals surface area contributed by atoms with Crippen LogP contribution < -0.4 is 0 Å². The zero-order valence-electron chi connectivity index (χ0n) is 27.4. The fraction of sp³-hybridized carbons (Fsp3) is 0.444. The van der Waals surface area contributed by atoms with Crippen molar-refractivity contribution in [3.05, 3.63) is 141 Å². The molecule has 10 atom stereocenters. The van der Waals surface area contributed by atoms with Gasteiger partial charge in [-0.2, -0.15) is 0 Å². The third-order valence-corrected chi connectivity index (χ3v) is 8.69. The summed E-state index contributed by atoms with van der Waals surface area (Å²) in [5.41, 5.74) is 22.2. The minimum absolute atomic E-state index is 0.0926. The van der Waals surface area contributed by atoms with Crippen LogP contribution in [0.4, 0.5) is 0 Å². The van der Waals surface area contributed by atoms with Crippen LogP contribution in [0.2, 0.25) is 0 Å². The molecule has 3 fully saturated rings. The molecular formula is C36H40N6O8. The van der Waals surface area contributed by atoms with Crippen LogP contribution in [0.3, 0.4) is 0 Å². The summed E-state index contributed by atoms with van der Waals surface area (Å²) in [6, 6.07) is 27.0. The van der Waals surface area contributed by atoms with E-state index in [1.807, 2.05) is 91.0 Å². The highest BCUT2D eigenvalue weighted by molar-refractivity contribution is 5.16. The van der Waals surface area contributed by atoms with E-state index in [0.29, 0.717) is 0 Å². The van der Waals surface area contributed by atoms with Gasteiger partial charge in [-0.25, -0.2) is 0 Å². The van der Waals surface area contributed by atoms with Gasteiger partial charge < -0.3 is 37.9 Å². The number of hydrogen-bond acceptors (Lipinski definition) is 10. The Hall–Kier alpha value is -4.30. The Morgan fingerprint density at radius 3 is 1.80 bits per heavy atom. The molecule has 0 unspecified atom stereocenters. The summed E-state index contributed by atoms with van der Waals surface area (Å²) in [6.45, 7) is 5.00. The summed E-state index contributed by atoms with van der Waals surface area (Å²) in [5, 5.41) is 8.18. The van der Waals surface area contributed by atoms with Gasteiger partial charge in [0.15, 0.2) is 12.6 Å². The van der Waals surface area contributed by atoms with Crippen molar-refractivity contribution in [3.63, 3.8) is 0 Å². The summed E-state index contributed by atoms with van der Waals surface area (Å²) in [7, 11) is 0. The molecular weight excluding hydrogens is 644 g/mol. The fourth-order valence-corrected chi connectivity index (χ4v) is 6.33. The maximum absolute atomic E-state index is 9.86. The van der Waals surface area contributed by atoms with Gasteiger partial charge in [0.25, 0.3) is 0 Å². The van der Waals surface area contributed by atoms with Crippen molar-refractivity contribution in [2.24, 2.45) is 10.2 Å². The number of azide groups is 2. The summed E-state index contributed by atoms with van der Waals surface area (Å²) in [5.74, 6) is 0. The lowest BCUT2D eigenvalue weighted by atomic mass is 9.95. The van der Waals surface area contributed by atoms with Gasteiger partial charge in [0.2, 0.25) is 0 Å². The van der Waals surface area contributed by atoms with Crippen molar-refractivity contribution < 1.29 is 37.9 Å². The summed E-state index contributed by atoms with van der Waals surface area (Å²) in [6.07, 6.45) is -4.89. The monoisotopic (exact) mass is 684 g/mol. The van der Waals surface area contributed by atoms with Gasteiger partial charge in [-0.1, -0.05) is 107 Å². The third kappa shape index (κ3) is 8.88. The van der Waals surface area contributed by atoms with Crippen LogP contribution in [0.5, 0.6) is 0 Å². The fourth-order valence-electron chi connectivity index (χ4n) is 6.33. The molecule has 50 heavy (non-hydrogen) atoms. The molecule has 6 rings (SSSR count). The van der Waals surface area contributed by atoms with Gasteiger partial charge in [-0.15, -0.1) is 6.58 Å². The van der Waals surface area contributed by atoms with Crippen molar-refractivity contribution in [3.8, 4) is 0 Å². The Kier molecular flexibility index (Phi) is 12.8. The maximum Gasteiger partial charge on any atom is 0.169 e. The van der Waals surface area contributed by atoms with Crippen LogP contribution in [0.25, 0.3) is 20.9 Å².